The third-order valence-electron chi connectivity index (χ3n) is 5.18. The first kappa shape index (κ1) is 19.0. The van der Waals surface area contributed by atoms with E-state index in [1.807, 2.05) is 37.3 Å². The number of aromatic carboxylic acids is 1. The van der Waals surface area contributed by atoms with Gasteiger partial charge >= 0.3 is 5.97 Å². The maximum absolute atomic E-state index is 13.1. The van der Waals surface area contributed by atoms with Crippen LogP contribution in [0.15, 0.2) is 48.5 Å². The van der Waals surface area contributed by atoms with Crippen LogP contribution >= 0.6 is 12.2 Å². The first-order chi connectivity index (χ1) is 12.9. The Labute approximate surface area is 163 Å². The van der Waals surface area contributed by atoms with Gasteiger partial charge in [-0.25, -0.2) is 4.79 Å². The molecule has 0 saturated heterocycles. The van der Waals surface area contributed by atoms with Crippen molar-refractivity contribution in [3.05, 3.63) is 65.2 Å². The van der Waals surface area contributed by atoms with Crippen LogP contribution < -0.4 is 10.6 Å². The quantitative estimate of drug-likeness (QED) is 0.696. The van der Waals surface area contributed by atoms with Crippen molar-refractivity contribution in [3.63, 3.8) is 0 Å². The fraction of sp³-hybridized carbons (Fsp3) is 0.286. The largest absolute Gasteiger partial charge is 0.478 e. The van der Waals surface area contributed by atoms with Crippen LogP contribution in [0, 0.1) is 6.92 Å². The molecule has 2 aromatic rings. The maximum atomic E-state index is 13.1. The van der Waals surface area contributed by atoms with E-state index in [2.05, 4.69) is 10.6 Å². The van der Waals surface area contributed by atoms with Crippen molar-refractivity contribution < 1.29 is 14.7 Å². The zero-order valence-corrected chi connectivity index (χ0v) is 15.9. The number of thiocarbonyl (C=S) groups is 1. The van der Waals surface area contributed by atoms with Gasteiger partial charge in [-0.15, -0.1) is 0 Å². The van der Waals surface area contributed by atoms with Crippen LogP contribution in [0.5, 0.6) is 0 Å². The molecule has 27 heavy (non-hydrogen) atoms. The third kappa shape index (κ3) is 4.01. The molecule has 1 saturated carbocycles. The van der Waals surface area contributed by atoms with E-state index in [1.54, 1.807) is 6.07 Å². The van der Waals surface area contributed by atoms with E-state index in [9.17, 15) is 9.59 Å². The smallest absolute Gasteiger partial charge is 0.335 e. The Morgan fingerprint density at radius 3 is 2.37 bits per heavy atom. The van der Waals surface area contributed by atoms with E-state index < -0.39 is 11.4 Å². The van der Waals surface area contributed by atoms with Crippen molar-refractivity contribution in [1.29, 1.82) is 0 Å². The topological polar surface area (TPSA) is 78.4 Å². The molecule has 1 fully saturated rings. The molecule has 3 rings (SSSR count). The summed E-state index contributed by atoms with van der Waals surface area (Å²) in [6.07, 6.45) is 3.59. The van der Waals surface area contributed by atoms with E-state index in [-0.39, 0.29) is 16.6 Å². The standard InChI is InChI=1S/C21H22N2O3S/c1-14-9-10-15(18(24)25)13-17(14)22-20(27)23-19(26)21(11-5-6-12-21)16-7-3-2-4-8-16/h2-4,7-10,13H,5-6,11-12H2,1H3,(H,24,25)(H2,22,23,26,27). The Balaban J connectivity index is 1.76. The molecule has 0 heterocycles. The normalized spacial score (nSPS) is 15.1. The predicted molar refractivity (Wildman–Crippen MR) is 109 cm³/mol. The number of hydrogen-bond acceptors (Lipinski definition) is 3. The molecular weight excluding hydrogens is 360 g/mol. The van der Waals surface area contributed by atoms with Gasteiger partial charge in [0.2, 0.25) is 5.91 Å². The second-order valence-corrected chi connectivity index (χ2v) is 7.31. The summed E-state index contributed by atoms with van der Waals surface area (Å²) in [6.45, 7) is 1.85. The molecule has 3 N–H and O–H groups in total. The molecule has 140 valence electrons. The molecular formula is C21H22N2O3S. The van der Waals surface area contributed by atoms with Gasteiger partial charge in [0.25, 0.3) is 0 Å². The lowest BCUT2D eigenvalue weighted by Gasteiger charge is -2.28. The number of carboxylic acid groups (broad SMARTS) is 1. The van der Waals surface area contributed by atoms with Crippen molar-refractivity contribution in [3.8, 4) is 0 Å². The molecule has 0 atom stereocenters. The molecule has 1 aliphatic rings. The summed E-state index contributed by atoms with van der Waals surface area (Å²) in [5.41, 5.74) is 2.02. The van der Waals surface area contributed by atoms with Gasteiger partial charge in [0, 0.05) is 5.69 Å². The Bertz CT molecular complexity index is 874. The summed E-state index contributed by atoms with van der Waals surface area (Å²) in [7, 11) is 0. The first-order valence-corrected chi connectivity index (χ1v) is 9.35. The third-order valence-corrected chi connectivity index (χ3v) is 5.38. The van der Waals surface area contributed by atoms with Gasteiger partial charge in [0.15, 0.2) is 5.11 Å². The molecule has 0 aliphatic heterocycles. The number of amides is 1. The number of carbonyl (C=O) groups is 2. The molecule has 1 amide bonds. The number of nitrogens with one attached hydrogen (secondary N) is 2. The number of rotatable bonds is 4. The summed E-state index contributed by atoms with van der Waals surface area (Å²) < 4.78 is 0. The number of aryl methyl sites for hydroxylation is 1. The van der Waals surface area contributed by atoms with Crippen molar-refractivity contribution in [1.82, 2.24) is 5.32 Å². The SMILES string of the molecule is Cc1ccc(C(=O)O)cc1NC(=S)NC(=O)C1(c2ccccc2)CCCC1. The monoisotopic (exact) mass is 382 g/mol. The van der Waals surface area contributed by atoms with Gasteiger partial charge in [0.05, 0.1) is 11.0 Å². The highest BCUT2D eigenvalue weighted by Crippen LogP contribution is 2.41. The molecule has 5 nitrogen and oxygen atoms in total. The Morgan fingerprint density at radius 1 is 1.07 bits per heavy atom. The minimum absolute atomic E-state index is 0.115. The van der Waals surface area contributed by atoms with E-state index in [0.717, 1.165) is 36.8 Å². The van der Waals surface area contributed by atoms with E-state index in [4.69, 9.17) is 17.3 Å². The molecule has 0 radical (unpaired) electrons. The highest BCUT2D eigenvalue weighted by atomic mass is 32.1. The summed E-state index contributed by atoms with van der Waals surface area (Å²) in [4.78, 5) is 24.3. The van der Waals surface area contributed by atoms with Gasteiger partial charge in [-0.1, -0.05) is 49.2 Å². The lowest BCUT2D eigenvalue weighted by atomic mass is 9.78. The highest BCUT2D eigenvalue weighted by molar-refractivity contribution is 7.80. The van der Waals surface area contributed by atoms with Crippen LogP contribution in [0.25, 0.3) is 0 Å². The molecule has 0 unspecified atom stereocenters. The van der Waals surface area contributed by atoms with Crippen LogP contribution in [-0.2, 0) is 10.2 Å². The maximum Gasteiger partial charge on any atom is 0.335 e. The lowest BCUT2D eigenvalue weighted by molar-refractivity contribution is -0.125. The zero-order valence-electron chi connectivity index (χ0n) is 15.1. The first-order valence-electron chi connectivity index (χ1n) is 8.94. The van der Waals surface area contributed by atoms with Gasteiger partial charge in [-0.2, -0.15) is 0 Å². The van der Waals surface area contributed by atoms with Crippen molar-refractivity contribution in [2.24, 2.45) is 0 Å². The van der Waals surface area contributed by atoms with Crippen LogP contribution in [0.1, 0.15) is 47.2 Å². The van der Waals surface area contributed by atoms with Crippen LogP contribution in [0.3, 0.4) is 0 Å². The number of carboxylic acids is 1. The highest BCUT2D eigenvalue weighted by Gasteiger charge is 2.42. The van der Waals surface area contributed by atoms with Crippen molar-refractivity contribution in [2.75, 3.05) is 5.32 Å². The molecule has 0 aromatic heterocycles. The fourth-order valence-corrected chi connectivity index (χ4v) is 3.85. The number of anilines is 1. The van der Waals surface area contributed by atoms with E-state index >= 15 is 0 Å². The summed E-state index contributed by atoms with van der Waals surface area (Å²) in [5.74, 6) is -1.13. The molecule has 6 heteroatoms. The second kappa shape index (κ2) is 7.88. The van der Waals surface area contributed by atoms with Crippen LogP contribution in [0.4, 0.5) is 5.69 Å². The number of benzene rings is 2. The fourth-order valence-electron chi connectivity index (χ4n) is 3.65. The number of hydrogen-bond donors (Lipinski definition) is 3. The predicted octanol–water partition coefficient (Wildman–Crippen LogP) is 4.02. The zero-order chi connectivity index (χ0) is 19.4. The molecule has 2 aromatic carbocycles. The second-order valence-electron chi connectivity index (χ2n) is 6.90. The van der Waals surface area contributed by atoms with Gasteiger partial charge < -0.3 is 15.7 Å². The molecule has 0 bridgehead atoms. The Hall–Kier alpha value is -2.73. The van der Waals surface area contributed by atoms with Crippen LogP contribution in [0.2, 0.25) is 0 Å². The van der Waals surface area contributed by atoms with Gasteiger partial charge in [-0.05, 0) is 55.2 Å². The van der Waals surface area contributed by atoms with Crippen LogP contribution in [-0.4, -0.2) is 22.1 Å². The minimum atomic E-state index is -1.01. The molecule has 1 aliphatic carbocycles. The van der Waals surface area contributed by atoms with Gasteiger partial charge in [-0.3, -0.25) is 4.79 Å². The lowest BCUT2D eigenvalue weighted by Crippen LogP contribution is -2.46. The average Bonchev–Trinajstić information content (AvgIpc) is 3.15. The van der Waals surface area contributed by atoms with E-state index in [0.29, 0.717) is 5.69 Å². The number of carbonyl (C=O) groups excluding carboxylic acids is 1. The van der Waals surface area contributed by atoms with Crippen molar-refractivity contribution >= 4 is 34.9 Å². The van der Waals surface area contributed by atoms with Gasteiger partial charge in [0.1, 0.15) is 0 Å². The molecule has 0 spiro atoms. The summed E-state index contributed by atoms with van der Waals surface area (Å²) in [5, 5.41) is 15.1. The summed E-state index contributed by atoms with van der Waals surface area (Å²) in [6, 6.07) is 14.6. The Morgan fingerprint density at radius 2 is 1.74 bits per heavy atom. The summed E-state index contributed by atoms with van der Waals surface area (Å²) >= 11 is 5.33. The Kier molecular flexibility index (Phi) is 5.56. The average molecular weight is 382 g/mol. The van der Waals surface area contributed by atoms with Crippen molar-refractivity contribution in [2.45, 2.75) is 38.0 Å². The minimum Gasteiger partial charge on any atom is -0.478 e. The van der Waals surface area contributed by atoms with E-state index in [1.165, 1.54) is 12.1 Å².